The van der Waals surface area contributed by atoms with E-state index in [1.165, 1.54) is 16.6 Å². The molecule has 0 bridgehead atoms. The van der Waals surface area contributed by atoms with Crippen molar-refractivity contribution >= 4 is 22.4 Å². The van der Waals surface area contributed by atoms with E-state index in [0.29, 0.717) is 0 Å². The van der Waals surface area contributed by atoms with Gasteiger partial charge in [0.2, 0.25) is 0 Å². The molecule has 4 rings (SSSR count). The fourth-order valence-corrected chi connectivity index (χ4v) is 3.57. The van der Waals surface area contributed by atoms with Crippen molar-refractivity contribution in [1.29, 1.82) is 0 Å². The predicted octanol–water partition coefficient (Wildman–Crippen LogP) is 3.28. The van der Waals surface area contributed by atoms with Gasteiger partial charge in [0, 0.05) is 54.7 Å². The quantitative estimate of drug-likeness (QED) is 0.720. The number of hydrogen-bond acceptors (Lipinski definition) is 5. The number of aromatic nitrogens is 3. The Morgan fingerprint density at radius 1 is 0.840 bits per heavy atom. The van der Waals surface area contributed by atoms with Gasteiger partial charge >= 0.3 is 0 Å². The normalized spacial score (nSPS) is 15.0. The molecular weight excluding hydrogens is 310 g/mol. The summed E-state index contributed by atoms with van der Waals surface area (Å²) >= 11 is 0. The second-order valence-electron chi connectivity index (χ2n) is 6.63. The maximum absolute atomic E-state index is 4.69. The van der Waals surface area contributed by atoms with E-state index in [2.05, 4.69) is 57.9 Å². The zero-order valence-electron chi connectivity index (χ0n) is 15.0. The standard InChI is InChI=1S/C20H23N5/c1-14-15(2)22-16(3)23-20(14)25-12-10-24(11-13-25)19-8-9-21-18-7-5-4-6-17(18)19/h4-9H,10-13H2,1-3H3. The molecule has 0 amide bonds. The van der Waals surface area contributed by atoms with Crippen molar-refractivity contribution in [2.24, 2.45) is 0 Å². The van der Waals surface area contributed by atoms with Gasteiger partial charge in [-0.25, -0.2) is 9.97 Å². The Morgan fingerprint density at radius 3 is 2.36 bits per heavy atom. The van der Waals surface area contributed by atoms with Crippen molar-refractivity contribution in [3.8, 4) is 0 Å². The molecule has 1 aromatic carbocycles. The largest absolute Gasteiger partial charge is 0.367 e. The van der Waals surface area contributed by atoms with Crippen LogP contribution in [0.5, 0.6) is 0 Å². The number of rotatable bonds is 2. The fourth-order valence-electron chi connectivity index (χ4n) is 3.57. The SMILES string of the molecule is Cc1nc(C)c(C)c(N2CCN(c3ccnc4ccccc34)CC2)n1. The highest BCUT2D eigenvalue weighted by atomic mass is 15.3. The van der Waals surface area contributed by atoms with Crippen LogP contribution in [0.1, 0.15) is 17.1 Å². The highest BCUT2D eigenvalue weighted by molar-refractivity contribution is 5.91. The number of pyridine rings is 1. The van der Waals surface area contributed by atoms with E-state index in [1.807, 2.05) is 19.2 Å². The lowest BCUT2D eigenvalue weighted by molar-refractivity contribution is 0.644. The summed E-state index contributed by atoms with van der Waals surface area (Å²) in [5.41, 5.74) is 4.59. The van der Waals surface area contributed by atoms with E-state index in [-0.39, 0.29) is 0 Å². The molecule has 0 atom stereocenters. The molecule has 0 spiro atoms. The molecule has 1 fully saturated rings. The van der Waals surface area contributed by atoms with E-state index < -0.39 is 0 Å². The zero-order chi connectivity index (χ0) is 17.4. The number of fused-ring (bicyclic) bond motifs is 1. The summed E-state index contributed by atoms with van der Waals surface area (Å²) < 4.78 is 0. The topological polar surface area (TPSA) is 45.2 Å². The maximum atomic E-state index is 4.69. The van der Waals surface area contributed by atoms with Crippen molar-refractivity contribution in [3.05, 3.63) is 53.6 Å². The third kappa shape index (κ3) is 2.90. The first-order valence-electron chi connectivity index (χ1n) is 8.79. The van der Waals surface area contributed by atoms with E-state index in [1.54, 1.807) is 0 Å². The molecule has 1 saturated heterocycles. The maximum Gasteiger partial charge on any atom is 0.135 e. The molecule has 5 heteroatoms. The molecule has 0 radical (unpaired) electrons. The van der Waals surface area contributed by atoms with Crippen LogP contribution in [-0.4, -0.2) is 41.1 Å². The number of aryl methyl sites for hydroxylation is 2. The van der Waals surface area contributed by atoms with E-state index in [0.717, 1.165) is 49.0 Å². The Bertz CT molecular complexity index is 908. The number of hydrogen-bond donors (Lipinski definition) is 0. The van der Waals surface area contributed by atoms with Crippen LogP contribution >= 0.6 is 0 Å². The van der Waals surface area contributed by atoms with Crippen LogP contribution in [-0.2, 0) is 0 Å². The lowest BCUT2D eigenvalue weighted by Gasteiger charge is -2.37. The molecule has 0 saturated carbocycles. The fraction of sp³-hybridized carbons (Fsp3) is 0.350. The number of para-hydroxylation sites is 1. The molecule has 0 aliphatic carbocycles. The monoisotopic (exact) mass is 333 g/mol. The lowest BCUT2D eigenvalue weighted by Crippen LogP contribution is -2.47. The summed E-state index contributed by atoms with van der Waals surface area (Å²) in [4.78, 5) is 18.5. The molecule has 1 aliphatic heterocycles. The Kier molecular flexibility index (Phi) is 3.99. The first-order chi connectivity index (χ1) is 12.1. The molecule has 0 unspecified atom stereocenters. The first-order valence-corrected chi connectivity index (χ1v) is 8.79. The molecule has 2 aromatic heterocycles. The number of anilines is 2. The average Bonchev–Trinajstić information content (AvgIpc) is 2.64. The third-order valence-electron chi connectivity index (χ3n) is 5.02. The summed E-state index contributed by atoms with van der Waals surface area (Å²) in [6.07, 6.45) is 1.91. The van der Waals surface area contributed by atoms with Gasteiger partial charge in [0.25, 0.3) is 0 Å². The molecule has 0 N–H and O–H groups in total. The van der Waals surface area contributed by atoms with Crippen molar-refractivity contribution in [3.63, 3.8) is 0 Å². The molecule has 25 heavy (non-hydrogen) atoms. The highest BCUT2D eigenvalue weighted by Crippen LogP contribution is 2.27. The second kappa shape index (κ2) is 6.31. The molecule has 1 aliphatic rings. The van der Waals surface area contributed by atoms with Crippen LogP contribution < -0.4 is 9.80 Å². The number of benzene rings is 1. The third-order valence-corrected chi connectivity index (χ3v) is 5.02. The molecular formula is C20H23N5. The Hall–Kier alpha value is -2.69. The van der Waals surface area contributed by atoms with Crippen molar-refractivity contribution in [2.75, 3.05) is 36.0 Å². The summed E-state index contributed by atoms with van der Waals surface area (Å²) in [6.45, 7) is 10.0. The van der Waals surface area contributed by atoms with Crippen LogP contribution in [0.2, 0.25) is 0 Å². The van der Waals surface area contributed by atoms with Crippen LogP contribution in [0.4, 0.5) is 11.5 Å². The Balaban J connectivity index is 1.58. The molecule has 5 nitrogen and oxygen atoms in total. The van der Waals surface area contributed by atoms with E-state index >= 15 is 0 Å². The van der Waals surface area contributed by atoms with Gasteiger partial charge in [0.1, 0.15) is 11.6 Å². The van der Waals surface area contributed by atoms with Crippen molar-refractivity contribution in [1.82, 2.24) is 15.0 Å². The van der Waals surface area contributed by atoms with E-state index in [4.69, 9.17) is 4.98 Å². The van der Waals surface area contributed by atoms with Crippen LogP contribution in [0.3, 0.4) is 0 Å². The minimum atomic E-state index is 0.848. The van der Waals surface area contributed by atoms with Crippen LogP contribution in [0, 0.1) is 20.8 Å². The zero-order valence-corrected chi connectivity index (χ0v) is 15.0. The number of nitrogens with zero attached hydrogens (tertiary/aromatic N) is 5. The van der Waals surface area contributed by atoms with Crippen LogP contribution in [0.25, 0.3) is 10.9 Å². The molecule has 3 aromatic rings. The van der Waals surface area contributed by atoms with E-state index in [9.17, 15) is 0 Å². The van der Waals surface area contributed by atoms with Gasteiger partial charge in [-0.05, 0) is 32.9 Å². The van der Waals surface area contributed by atoms with Gasteiger partial charge in [-0.2, -0.15) is 0 Å². The van der Waals surface area contributed by atoms with Gasteiger partial charge < -0.3 is 9.80 Å². The van der Waals surface area contributed by atoms with Gasteiger partial charge in [0.15, 0.2) is 0 Å². The average molecular weight is 333 g/mol. The van der Waals surface area contributed by atoms with Gasteiger partial charge in [-0.3, -0.25) is 4.98 Å². The van der Waals surface area contributed by atoms with Gasteiger partial charge in [-0.1, -0.05) is 18.2 Å². The first kappa shape index (κ1) is 15.8. The smallest absolute Gasteiger partial charge is 0.135 e. The summed E-state index contributed by atoms with van der Waals surface area (Å²) in [5, 5.41) is 1.23. The Morgan fingerprint density at radius 2 is 1.56 bits per heavy atom. The van der Waals surface area contributed by atoms with Crippen molar-refractivity contribution < 1.29 is 0 Å². The van der Waals surface area contributed by atoms with Gasteiger partial charge in [0.05, 0.1) is 5.52 Å². The lowest BCUT2D eigenvalue weighted by atomic mass is 10.1. The summed E-state index contributed by atoms with van der Waals surface area (Å²) in [6, 6.07) is 10.5. The highest BCUT2D eigenvalue weighted by Gasteiger charge is 2.22. The number of piperazine rings is 1. The second-order valence-corrected chi connectivity index (χ2v) is 6.63. The minimum absolute atomic E-state index is 0.848. The molecule has 128 valence electrons. The van der Waals surface area contributed by atoms with Crippen LogP contribution in [0.15, 0.2) is 36.5 Å². The van der Waals surface area contributed by atoms with Gasteiger partial charge in [-0.15, -0.1) is 0 Å². The van der Waals surface area contributed by atoms with Crippen molar-refractivity contribution in [2.45, 2.75) is 20.8 Å². The summed E-state index contributed by atoms with van der Waals surface area (Å²) in [7, 11) is 0. The predicted molar refractivity (Wildman–Crippen MR) is 102 cm³/mol. The summed E-state index contributed by atoms with van der Waals surface area (Å²) in [5.74, 6) is 1.94. The molecule has 3 heterocycles. The Labute approximate surface area is 148 Å². The minimum Gasteiger partial charge on any atom is -0.367 e.